The van der Waals surface area contributed by atoms with E-state index in [2.05, 4.69) is 4.74 Å². The van der Waals surface area contributed by atoms with Crippen LogP contribution in [0.25, 0.3) is 5.52 Å². The van der Waals surface area contributed by atoms with Gasteiger partial charge in [0.05, 0.1) is 19.2 Å². The fourth-order valence-corrected chi connectivity index (χ4v) is 1.86. The van der Waals surface area contributed by atoms with Crippen molar-refractivity contribution in [3.8, 4) is 0 Å². The molecular weight excluding hydrogens is 218 g/mol. The minimum absolute atomic E-state index is 0.0256. The van der Waals surface area contributed by atoms with E-state index in [4.69, 9.17) is 0 Å². The van der Waals surface area contributed by atoms with Crippen molar-refractivity contribution in [2.75, 3.05) is 7.11 Å². The minimum Gasteiger partial charge on any atom is -0.469 e. The molecule has 0 aliphatic carbocycles. The lowest BCUT2D eigenvalue weighted by Gasteiger charge is -1.99. The van der Waals surface area contributed by atoms with Crippen molar-refractivity contribution in [1.29, 1.82) is 0 Å². The number of esters is 1. The third-order valence-electron chi connectivity index (χ3n) is 2.68. The summed E-state index contributed by atoms with van der Waals surface area (Å²) in [6.07, 6.45) is 1.99. The molecule has 0 unspecified atom stereocenters. The summed E-state index contributed by atoms with van der Waals surface area (Å²) in [7, 11) is 1.35. The van der Waals surface area contributed by atoms with Crippen molar-refractivity contribution in [2.24, 2.45) is 0 Å². The van der Waals surface area contributed by atoms with Gasteiger partial charge in [-0.1, -0.05) is 6.07 Å². The van der Waals surface area contributed by atoms with Crippen molar-refractivity contribution < 1.29 is 14.3 Å². The van der Waals surface area contributed by atoms with Gasteiger partial charge in [-0.05, 0) is 23.8 Å². The highest BCUT2D eigenvalue weighted by molar-refractivity contribution is 5.95. The molecule has 0 bridgehead atoms. The molecule has 4 nitrogen and oxygen atoms in total. The first kappa shape index (κ1) is 11.4. The fraction of sp³-hybridized carbons (Fsp3) is 0.231. The number of hydrogen-bond acceptors (Lipinski definition) is 3. The van der Waals surface area contributed by atoms with Crippen LogP contribution in [0.15, 0.2) is 30.5 Å². The molecule has 2 heterocycles. The van der Waals surface area contributed by atoms with E-state index in [0.717, 1.165) is 11.1 Å². The Balaban J connectivity index is 2.56. The van der Waals surface area contributed by atoms with Crippen molar-refractivity contribution in [1.82, 2.24) is 4.40 Å². The molecule has 2 aromatic rings. The molecule has 0 spiro atoms. The molecule has 0 atom stereocenters. The molecule has 0 N–H and O–H groups in total. The Morgan fingerprint density at radius 1 is 1.35 bits per heavy atom. The molecule has 0 aromatic carbocycles. The lowest BCUT2D eigenvalue weighted by molar-refractivity contribution is -0.139. The van der Waals surface area contributed by atoms with Crippen LogP contribution in [-0.4, -0.2) is 23.3 Å². The van der Waals surface area contributed by atoms with E-state index in [0.29, 0.717) is 5.69 Å². The second-order valence-corrected chi connectivity index (χ2v) is 3.82. The highest BCUT2D eigenvalue weighted by atomic mass is 16.5. The predicted octanol–water partition coefficient (Wildman–Crippen LogP) is 1.86. The molecule has 0 fully saturated rings. The summed E-state index contributed by atoms with van der Waals surface area (Å²) in [5, 5.41) is 0. The summed E-state index contributed by atoms with van der Waals surface area (Å²) in [4.78, 5) is 22.8. The van der Waals surface area contributed by atoms with E-state index in [1.807, 2.05) is 24.4 Å². The van der Waals surface area contributed by atoms with Crippen LogP contribution < -0.4 is 0 Å². The normalized spacial score (nSPS) is 10.5. The first-order valence-electron chi connectivity index (χ1n) is 5.30. The Morgan fingerprint density at radius 2 is 2.12 bits per heavy atom. The summed E-state index contributed by atoms with van der Waals surface area (Å²) >= 11 is 0. The van der Waals surface area contributed by atoms with Crippen LogP contribution in [0, 0.1) is 0 Å². The predicted molar refractivity (Wildman–Crippen MR) is 63.1 cm³/mol. The maximum Gasteiger partial charge on any atom is 0.310 e. The smallest absolute Gasteiger partial charge is 0.310 e. The van der Waals surface area contributed by atoms with E-state index in [1.165, 1.54) is 14.0 Å². The molecule has 2 rings (SSSR count). The molecule has 17 heavy (non-hydrogen) atoms. The zero-order chi connectivity index (χ0) is 12.4. The number of nitrogens with zero attached hydrogens (tertiary/aromatic N) is 1. The van der Waals surface area contributed by atoms with E-state index in [-0.39, 0.29) is 18.2 Å². The number of methoxy groups -OCH3 is 1. The molecule has 0 saturated heterocycles. The Morgan fingerprint density at radius 3 is 2.76 bits per heavy atom. The van der Waals surface area contributed by atoms with Crippen molar-refractivity contribution in [3.05, 3.63) is 41.7 Å². The van der Waals surface area contributed by atoms with Gasteiger partial charge >= 0.3 is 5.97 Å². The molecule has 0 radical (unpaired) electrons. The molecule has 88 valence electrons. The fourth-order valence-electron chi connectivity index (χ4n) is 1.86. The number of carbonyl (C=O) groups is 2. The van der Waals surface area contributed by atoms with Gasteiger partial charge in [-0.15, -0.1) is 0 Å². The summed E-state index contributed by atoms with van der Waals surface area (Å²) in [6, 6.07) is 7.35. The third-order valence-corrected chi connectivity index (χ3v) is 2.68. The van der Waals surface area contributed by atoms with Gasteiger partial charge in [-0.3, -0.25) is 9.59 Å². The van der Waals surface area contributed by atoms with Gasteiger partial charge in [0, 0.05) is 18.6 Å². The van der Waals surface area contributed by atoms with Crippen molar-refractivity contribution in [3.63, 3.8) is 0 Å². The van der Waals surface area contributed by atoms with Crippen LogP contribution in [0.3, 0.4) is 0 Å². The number of hydrogen-bond donors (Lipinski definition) is 0. The lowest BCUT2D eigenvalue weighted by Crippen LogP contribution is -2.03. The summed E-state index contributed by atoms with van der Waals surface area (Å²) in [6.45, 7) is 1.51. The first-order chi connectivity index (χ1) is 8.13. The number of ether oxygens (including phenoxy) is 1. The highest BCUT2D eigenvalue weighted by Gasteiger charge is 2.14. The number of fused-ring (bicyclic) bond motifs is 1. The summed E-state index contributed by atoms with van der Waals surface area (Å²) < 4.78 is 6.43. The third kappa shape index (κ3) is 2.06. The second kappa shape index (κ2) is 4.41. The number of rotatable bonds is 3. The molecule has 2 aromatic heterocycles. The highest BCUT2D eigenvalue weighted by Crippen LogP contribution is 2.18. The quantitative estimate of drug-likeness (QED) is 0.598. The van der Waals surface area contributed by atoms with Gasteiger partial charge in [0.15, 0.2) is 5.78 Å². The first-order valence-corrected chi connectivity index (χ1v) is 5.30. The van der Waals surface area contributed by atoms with Gasteiger partial charge in [0.2, 0.25) is 0 Å². The standard InChI is InChI=1S/C13H13NO3/c1-9(15)12-7-10(8-13(16)17-2)11-5-3-4-6-14(11)12/h3-7H,8H2,1-2H3. The zero-order valence-electron chi connectivity index (χ0n) is 9.77. The van der Waals surface area contributed by atoms with Crippen LogP contribution in [0.2, 0.25) is 0 Å². The summed E-state index contributed by atoms with van der Waals surface area (Å²) in [5.41, 5.74) is 2.25. The van der Waals surface area contributed by atoms with Crippen LogP contribution in [0.5, 0.6) is 0 Å². The molecular formula is C13H13NO3. The van der Waals surface area contributed by atoms with E-state index in [9.17, 15) is 9.59 Å². The zero-order valence-corrected chi connectivity index (χ0v) is 9.77. The molecule has 0 aliphatic heterocycles. The lowest BCUT2D eigenvalue weighted by atomic mass is 10.2. The molecule has 0 aliphatic rings. The maximum atomic E-state index is 11.5. The number of Topliss-reactive ketones (excluding diaryl/α,β-unsaturated/α-hetero) is 1. The van der Waals surface area contributed by atoms with Crippen LogP contribution in [0.4, 0.5) is 0 Å². The Kier molecular flexibility index (Phi) is 2.95. The van der Waals surface area contributed by atoms with E-state index >= 15 is 0 Å². The van der Waals surface area contributed by atoms with Gasteiger partial charge in [0.25, 0.3) is 0 Å². The van der Waals surface area contributed by atoms with Crippen molar-refractivity contribution in [2.45, 2.75) is 13.3 Å². The number of aromatic nitrogens is 1. The monoisotopic (exact) mass is 231 g/mol. The Labute approximate surface area is 98.8 Å². The SMILES string of the molecule is COC(=O)Cc1cc(C(C)=O)n2ccccc12. The average molecular weight is 231 g/mol. The van der Waals surface area contributed by atoms with Crippen LogP contribution >= 0.6 is 0 Å². The topological polar surface area (TPSA) is 47.8 Å². The van der Waals surface area contributed by atoms with Gasteiger partial charge < -0.3 is 9.14 Å². The largest absolute Gasteiger partial charge is 0.469 e. The van der Waals surface area contributed by atoms with E-state index < -0.39 is 0 Å². The van der Waals surface area contributed by atoms with Gasteiger partial charge in [-0.25, -0.2) is 0 Å². The number of carbonyl (C=O) groups excluding carboxylic acids is 2. The molecule has 0 saturated carbocycles. The molecule has 0 amide bonds. The van der Waals surface area contributed by atoms with E-state index in [1.54, 1.807) is 10.5 Å². The van der Waals surface area contributed by atoms with Crippen LogP contribution in [-0.2, 0) is 16.0 Å². The van der Waals surface area contributed by atoms with Gasteiger partial charge in [-0.2, -0.15) is 0 Å². The Bertz CT molecular complexity index is 583. The average Bonchev–Trinajstić information content (AvgIpc) is 2.68. The summed E-state index contributed by atoms with van der Waals surface area (Å²) in [5.74, 6) is -0.334. The maximum absolute atomic E-state index is 11.5. The second-order valence-electron chi connectivity index (χ2n) is 3.82. The number of pyridine rings is 1. The number of ketones is 1. The minimum atomic E-state index is -0.309. The molecule has 4 heteroatoms. The van der Waals surface area contributed by atoms with Crippen molar-refractivity contribution >= 4 is 17.3 Å². The van der Waals surface area contributed by atoms with Crippen LogP contribution in [0.1, 0.15) is 23.0 Å². The Hall–Kier alpha value is -2.10. The van der Waals surface area contributed by atoms with Gasteiger partial charge in [0.1, 0.15) is 0 Å².